The van der Waals surface area contributed by atoms with Gasteiger partial charge in [0.2, 0.25) is 5.91 Å². The number of nitriles is 1. The van der Waals surface area contributed by atoms with E-state index in [1.54, 1.807) is 23.2 Å². The molecule has 0 saturated heterocycles. The van der Waals surface area contributed by atoms with E-state index in [0.29, 0.717) is 35.3 Å². The van der Waals surface area contributed by atoms with Gasteiger partial charge in [-0.2, -0.15) is 18.4 Å². The summed E-state index contributed by atoms with van der Waals surface area (Å²) in [5.41, 5.74) is 2.87. The average Bonchev–Trinajstić information content (AvgIpc) is 3.16. The van der Waals surface area contributed by atoms with E-state index in [-0.39, 0.29) is 17.4 Å². The summed E-state index contributed by atoms with van der Waals surface area (Å²) in [5.74, 6) is -0.270. The van der Waals surface area contributed by atoms with Crippen LogP contribution in [0.2, 0.25) is 5.02 Å². The summed E-state index contributed by atoms with van der Waals surface area (Å²) in [7, 11) is 0. The van der Waals surface area contributed by atoms with Gasteiger partial charge in [0.05, 0.1) is 22.6 Å². The van der Waals surface area contributed by atoms with Crippen LogP contribution in [-0.2, 0) is 23.8 Å². The third-order valence-corrected chi connectivity index (χ3v) is 5.49. The molecule has 2 aromatic carbocycles. The van der Waals surface area contributed by atoms with Crippen LogP contribution in [-0.4, -0.2) is 17.4 Å². The molecule has 31 heavy (non-hydrogen) atoms. The van der Waals surface area contributed by atoms with E-state index in [4.69, 9.17) is 11.6 Å². The van der Waals surface area contributed by atoms with Gasteiger partial charge in [0.1, 0.15) is 6.07 Å². The fourth-order valence-corrected chi connectivity index (χ4v) is 3.92. The van der Waals surface area contributed by atoms with Crippen LogP contribution in [0.4, 0.5) is 18.9 Å². The predicted molar refractivity (Wildman–Crippen MR) is 111 cm³/mol. The number of anilines is 1. The van der Waals surface area contributed by atoms with E-state index in [0.717, 1.165) is 23.3 Å². The van der Waals surface area contributed by atoms with Crippen molar-refractivity contribution < 1.29 is 18.0 Å². The summed E-state index contributed by atoms with van der Waals surface area (Å²) >= 11 is 6.07. The van der Waals surface area contributed by atoms with Crippen molar-refractivity contribution in [3.05, 3.63) is 82.1 Å². The number of nitrogens with zero attached hydrogens (tertiary/aromatic N) is 3. The van der Waals surface area contributed by atoms with Crippen LogP contribution >= 0.6 is 11.6 Å². The zero-order chi connectivity index (χ0) is 22.2. The maximum Gasteiger partial charge on any atom is 0.416 e. The van der Waals surface area contributed by atoms with Crippen LogP contribution in [0.1, 0.15) is 22.3 Å². The van der Waals surface area contributed by atoms with Crippen molar-refractivity contribution in [3.8, 4) is 17.2 Å². The number of fused-ring (bicyclic) bond motifs is 1. The lowest BCUT2D eigenvalue weighted by Gasteiger charge is -2.18. The summed E-state index contributed by atoms with van der Waals surface area (Å²) in [6.45, 7) is 0.440. The number of benzene rings is 2. The SMILES string of the molecule is N#Cc1c(Cl)cncc1-c1ccc2c(c1)CCN2C(=O)Cc1cccc(C(F)(F)F)c1. The molecule has 0 unspecified atom stereocenters. The smallest absolute Gasteiger partial charge is 0.312 e. The van der Waals surface area contributed by atoms with Gasteiger partial charge in [-0.15, -0.1) is 0 Å². The Kier molecular flexibility index (Phi) is 5.42. The third-order valence-electron chi connectivity index (χ3n) is 5.21. The van der Waals surface area contributed by atoms with Gasteiger partial charge in [-0.1, -0.05) is 35.9 Å². The molecule has 0 bridgehead atoms. The van der Waals surface area contributed by atoms with Crippen molar-refractivity contribution in [2.45, 2.75) is 19.0 Å². The molecule has 0 N–H and O–H groups in total. The second-order valence-corrected chi connectivity index (χ2v) is 7.58. The van der Waals surface area contributed by atoms with Crippen LogP contribution in [0.3, 0.4) is 0 Å². The van der Waals surface area contributed by atoms with E-state index >= 15 is 0 Å². The van der Waals surface area contributed by atoms with E-state index in [1.807, 2.05) is 6.07 Å². The largest absolute Gasteiger partial charge is 0.416 e. The molecule has 156 valence electrons. The molecule has 1 aliphatic heterocycles. The lowest BCUT2D eigenvalue weighted by molar-refractivity contribution is -0.137. The number of carbonyl (C=O) groups excluding carboxylic acids is 1. The van der Waals surface area contributed by atoms with Gasteiger partial charge in [-0.25, -0.2) is 0 Å². The summed E-state index contributed by atoms with van der Waals surface area (Å²) in [6.07, 6.45) is -0.995. The lowest BCUT2D eigenvalue weighted by atomic mass is 9.99. The predicted octanol–water partition coefficient (Wildman–Crippen LogP) is 5.42. The second kappa shape index (κ2) is 8.05. The summed E-state index contributed by atoms with van der Waals surface area (Å²) in [6, 6.07) is 12.4. The number of amides is 1. The van der Waals surface area contributed by atoms with E-state index in [2.05, 4.69) is 11.1 Å². The minimum absolute atomic E-state index is 0.123. The highest BCUT2D eigenvalue weighted by Crippen LogP contribution is 2.35. The summed E-state index contributed by atoms with van der Waals surface area (Å²) < 4.78 is 38.8. The number of hydrogen-bond donors (Lipinski definition) is 0. The van der Waals surface area contributed by atoms with E-state index in [1.165, 1.54) is 18.3 Å². The Labute approximate surface area is 181 Å². The maximum atomic E-state index is 12.9. The quantitative estimate of drug-likeness (QED) is 0.545. The van der Waals surface area contributed by atoms with Crippen molar-refractivity contribution in [1.82, 2.24) is 4.98 Å². The minimum Gasteiger partial charge on any atom is -0.312 e. The first-order valence-corrected chi connectivity index (χ1v) is 9.79. The topological polar surface area (TPSA) is 57.0 Å². The van der Waals surface area contributed by atoms with Crippen molar-refractivity contribution in [3.63, 3.8) is 0 Å². The van der Waals surface area contributed by atoms with Crippen molar-refractivity contribution >= 4 is 23.2 Å². The summed E-state index contributed by atoms with van der Waals surface area (Å²) in [5, 5.41) is 9.66. The Bertz CT molecular complexity index is 1220. The molecule has 4 rings (SSSR count). The molecular formula is C23H15ClF3N3O. The van der Waals surface area contributed by atoms with Crippen LogP contribution in [0.5, 0.6) is 0 Å². The third kappa shape index (κ3) is 4.12. The summed E-state index contributed by atoms with van der Waals surface area (Å²) in [4.78, 5) is 18.4. The molecule has 0 aliphatic carbocycles. The standard InChI is InChI=1S/C23H15ClF3N3O/c24-20-13-29-12-19(18(20)11-28)15-4-5-21-16(10-15)6-7-30(21)22(31)9-14-2-1-3-17(8-14)23(25,26)27/h1-5,8,10,12-13H,6-7,9H2. The van der Waals surface area contributed by atoms with Crippen molar-refractivity contribution in [2.24, 2.45) is 0 Å². The number of hydrogen-bond acceptors (Lipinski definition) is 3. The molecule has 3 aromatic rings. The van der Waals surface area contributed by atoms with Crippen LogP contribution in [0.15, 0.2) is 54.9 Å². The highest BCUT2D eigenvalue weighted by molar-refractivity contribution is 6.32. The molecule has 0 saturated carbocycles. The second-order valence-electron chi connectivity index (χ2n) is 7.17. The van der Waals surface area contributed by atoms with Crippen molar-refractivity contribution in [1.29, 1.82) is 5.26 Å². The number of pyridine rings is 1. The van der Waals surface area contributed by atoms with Gasteiger partial charge in [0, 0.05) is 30.2 Å². The number of aromatic nitrogens is 1. The van der Waals surface area contributed by atoms with Gasteiger partial charge in [0.25, 0.3) is 0 Å². The zero-order valence-electron chi connectivity index (χ0n) is 16.1. The van der Waals surface area contributed by atoms with Gasteiger partial charge >= 0.3 is 6.18 Å². The Morgan fingerprint density at radius 1 is 1.19 bits per heavy atom. The Morgan fingerprint density at radius 2 is 2.00 bits per heavy atom. The monoisotopic (exact) mass is 441 g/mol. The molecule has 1 aromatic heterocycles. The zero-order valence-corrected chi connectivity index (χ0v) is 16.8. The fourth-order valence-electron chi connectivity index (χ4n) is 3.72. The first-order chi connectivity index (χ1) is 14.8. The average molecular weight is 442 g/mol. The van der Waals surface area contributed by atoms with E-state index < -0.39 is 11.7 Å². The van der Waals surface area contributed by atoms with Crippen LogP contribution < -0.4 is 4.90 Å². The molecule has 1 aliphatic rings. The van der Waals surface area contributed by atoms with Crippen molar-refractivity contribution in [2.75, 3.05) is 11.4 Å². The Morgan fingerprint density at radius 3 is 2.74 bits per heavy atom. The maximum absolute atomic E-state index is 12.9. The van der Waals surface area contributed by atoms with Gasteiger partial charge in [0.15, 0.2) is 0 Å². The van der Waals surface area contributed by atoms with Gasteiger partial charge in [-0.05, 0) is 41.3 Å². The lowest BCUT2D eigenvalue weighted by Crippen LogP contribution is -2.30. The molecule has 0 fully saturated rings. The highest BCUT2D eigenvalue weighted by atomic mass is 35.5. The normalized spacial score (nSPS) is 13.1. The molecule has 8 heteroatoms. The number of rotatable bonds is 3. The molecule has 4 nitrogen and oxygen atoms in total. The van der Waals surface area contributed by atoms with Crippen LogP contribution in [0.25, 0.3) is 11.1 Å². The minimum atomic E-state index is -4.45. The van der Waals surface area contributed by atoms with Gasteiger partial charge < -0.3 is 4.90 Å². The van der Waals surface area contributed by atoms with Crippen LogP contribution in [0, 0.1) is 11.3 Å². The highest BCUT2D eigenvalue weighted by Gasteiger charge is 2.31. The van der Waals surface area contributed by atoms with Gasteiger partial charge in [-0.3, -0.25) is 9.78 Å². The number of carbonyl (C=O) groups is 1. The number of halogens is 4. The molecule has 0 radical (unpaired) electrons. The Balaban J connectivity index is 1.58. The number of alkyl halides is 3. The molecular weight excluding hydrogens is 427 g/mol. The first-order valence-electron chi connectivity index (χ1n) is 9.41. The Hall–Kier alpha value is -3.37. The van der Waals surface area contributed by atoms with E-state index in [9.17, 15) is 23.2 Å². The fraction of sp³-hybridized carbons (Fsp3) is 0.174. The molecule has 0 atom stereocenters. The molecule has 2 heterocycles. The molecule has 0 spiro atoms. The first kappa shape index (κ1) is 20.9. The molecule has 1 amide bonds.